The molecule has 3 fully saturated rings. The van der Waals surface area contributed by atoms with E-state index in [1.807, 2.05) is 67.3 Å². The van der Waals surface area contributed by atoms with Gasteiger partial charge in [-0.1, -0.05) is 87.7 Å². The first-order valence-corrected chi connectivity index (χ1v) is 17.0. The first kappa shape index (κ1) is 32.4. The van der Waals surface area contributed by atoms with Gasteiger partial charge in [-0.05, 0) is 37.7 Å². The van der Waals surface area contributed by atoms with E-state index in [1.165, 1.54) is 4.90 Å². The van der Waals surface area contributed by atoms with Crippen LogP contribution in [0.2, 0.25) is 0 Å². The van der Waals surface area contributed by atoms with Gasteiger partial charge in [0, 0.05) is 19.0 Å². The minimum atomic E-state index is -1.36. The number of hydrogen-bond donors (Lipinski definition) is 2. The van der Waals surface area contributed by atoms with Crippen LogP contribution < -0.4 is 5.32 Å². The molecule has 8 atom stereocenters. The molecule has 0 unspecified atom stereocenters. The summed E-state index contributed by atoms with van der Waals surface area (Å²) in [5.74, 6) is -3.52. The molecule has 0 aromatic heterocycles. The molecule has 1 aromatic rings. The third-order valence-corrected chi connectivity index (χ3v) is 10.7. The number of likely N-dealkylation sites (tertiary alicyclic amines) is 1. The second kappa shape index (κ2) is 13.3. The minimum absolute atomic E-state index is 0.00821. The number of rotatable bonds is 5. The van der Waals surface area contributed by atoms with Crippen LogP contribution in [0.3, 0.4) is 0 Å². The number of ether oxygens (including phenoxy) is 2. The van der Waals surface area contributed by atoms with E-state index in [9.17, 15) is 24.3 Å². The Morgan fingerprint density at radius 2 is 1.76 bits per heavy atom. The highest BCUT2D eigenvalue weighted by atomic mass is 16.6. The molecule has 3 amide bonds. The number of aliphatic hydroxyl groups excluding tert-OH is 1. The summed E-state index contributed by atoms with van der Waals surface area (Å²) in [6.07, 6.45) is 11.5. The number of allylic oxidation sites excluding steroid dienone is 1. The van der Waals surface area contributed by atoms with Crippen molar-refractivity contribution in [3.63, 3.8) is 0 Å². The molecular weight excluding hydrogens is 586 g/mol. The molecule has 4 heterocycles. The highest BCUT2D eigenvalue weighted by molar-refractivity contribution is 5.99. The van der Waals surface area contributed by atoms with Gasteiger partial charge in [0.05, 0.1) is 30.7 Å². The van der Waals surface area contributed by atoms with Crippen LogP contribution in [0.5, 0.6) is 0 Å². The van der Waals surface area contributed by atoms with E-state index in [-0.39, 0.29) is 42.7 Å². The van der Waals surface area contributed by atoms with Crippen LogP contribution in [0.25, 0.3) is 0 Å². The molecule has 10 heteroatoms. The normalized spacial score (nSPS) is 35.3. The fourth-order valence-electron chi connectivity index (χ4n) is 8.33. The number of aliphatic hydroxyl groups is 1. The molecule has 248 valence electrons. The van der Waals surface area contributed by atoms with Crippen LogP contribution in [0.4, 0.5) is 0 Å². The summed E-state index contributed by atoms with van der Waals surface area (Å²) in [7, 11) is 0. The van der Waals surface area contributed by atoms with Gasteiger partial charge in [0.1, 0.15) is 23.7 Å². The molecule has 10 nitrogen and oxygen atoms in total. The summed E-state index contributed by atoms with van der Waals surface area (Å²) < 4.78 is 12.8. The van der Waals surface area contributed by atoms with Gasteiger partial charge >= 0.3 is 5.97 Å². The van der Waals surface area contributed by atoms with Crippen molar-refractivity contribution in [2.45, 2.75) is 108 Å². The van der Waals surface area contributed by atoms with Gasteiger partial charge in [-0.15, -0.1) is 0 Å². The number of fused-ring (bicyclic) bond motifs is 2. The number of carbonyl (C=O) groups is 4. The summed E-state index contributed by atoms with van der Waals surface area (Å²) in [6, 6.07) is 7.00. The third-order valence-electron chi connectivity index (χ3n) is 10.7. The van der Waals surface area contributed by atoms with E-state index < -0.39 is 53.7 Å². The van der Waals surface area contributed by atoms with Crippen molar-refractivity contribution in [2.75, 3.05) is 13.2 Å². The lowest BCUT2D eigenvalue weighted by Gasteiger charge is -2.42. The smallest absolute Gasteiger partial charge is 0.313 e. The Morgan fingerprint density at radius 3 is 2.46 bits per heavy atom. The predicted octanol–water partition coefficient (Wildman–Crippen LogP) is 3.45. The lowest BCUT2D eigenvalue weighted by molar-refractivity contribution is -0.162. The second-order valence-electron chi connectivity index (χ2n) is 13.9. The Balaban J connectivity index is 1.45. The quantitative estimate of drug-likeness (QED) is 0.376. The van der Waals surface area contributed by atoms with Gasteiger partial charge in [-0.3, -0.25) is 19.2 Å². The summed E-state index contributed by atoms with van der Waals surface area (Å²) in [4.78, 5) is 60.2. The molecule has 2 N–H and O–H groups in total. The minimum Gasteiger partial charge on any atom is -0.455 e. The molecule has 5 bridgehead atoms. The van der Waals surface area contributed by atoms with Crippen molar-refractivity contribution in [2.24, 2.45) is 17.8 Å². The summed E-state index contributed by atoms with van der Waals surface area (Å²) >= 11 is 0. The monoisotopic (exact) mass is 633 g/mol. The maximum atomic E-state index is 15.0. The van der Waals surface area contributed by atoms with Crippen molar-refractivity contribution in [3.8, 4) is 0 Å². The highest BCUT2D eigenvalue weighted by Gasteiger charge is 2.74. The number of nitrogens with zero attached hydrogens (tertiary/aromatic N) is 2. The lowest BCUT2D eigenvalue weighted by Crippen LogP contribution is -2.61. The summed E-state index contributed by atoms with van der Waals surface area (Å²) in [5, 5.41) is 13.6. The first-order chi connectivity index (χ1) is 22.2. The molecule has 1 aliphatic carbocycles. The van der Waals surface area contributed by atoms with Gasteiger partial charge < -0.3 is 29.7 Å². The molecule has 46 heavy (non-hydrogen) atoms. The fourth-order valence-corrected chi connectivity index (χ4v) is 8.33. The Morgan fingerprint density at radius 1 is 1.02 bits per heavy atom. The van der Waals surface area contributed by atoms with E-state index in [2.05, 4.69) is 5.32 Å². The number of carbonyl (C=O) groups excluding carboxylic acids is 4. The van der Waals surface area contributed by atoms with E-state index in [0.717, 1.165) is 32.1 Å². The van der Waals surface area contributed by atoms with Crippen molar-refractivity contribution in [3.05, 3.63) is 60.2 Å². The maximum absolute atomic E-state index is 15.0. The number of cyclic esters (lactones) is 1. The number of hydrogen-bond acceptors (Lipinski definition) is 7. The molecular formula is C36H47N3O7. The van der Waals surface area contributed by atoms with Crippen LogP contribution in [-0.4, -0.2) is 87.6 Å². The lowest BCUT2D eigenvalue weighted by atomic mass is 9.74. The number of amides is 3. The van der Waals surface area contributed by atoms with Gasteiger partial charge in [-0.25, -0.2) is 0 Å². The average Bonchev–Trinajstić information content (AvgIpc) is 3.69. The molecule has 4 aliphatic heterocycles. The van der Waals surface area contributed by atoms with E-state index in [4.69, 9.17) is 9.47 Å². The van der Waals surface area contributed by atoms with Crippen molar-refractivity contribution < 1.29 is 33.8 Å². The van der Waals surface area contributed by atoms with Crippen LogP contribution in [-0.2, 0) is 28.7 Å². The number of benzene rings is 1. The van der Waals surface area contributed by atoms with Crippen LogP contribution in [0.1, 0.15) is 77.4 Å². The second-order valence-corrected chi connectivity index (χ2v) is 13.9. The van der Waals surface area contributed by atoms with Gasteiger partial charge in [-0.2, -0.15) is 0 Å². The largest absolute Gasteiger partial charge is 0.455 e. The van der Waals surface area contributed by atoms with Gasteiger partial charge in [0.2, 0.25) is 17.7 Å². The van der Waals surface area contributed by atoms with Crippen LogP contribution in [0, 0.1) is 17.8 Å². The van der Waals surface area contributed by atoms with Crippen molar-refractivity contribution >= 4 is 23.7 Å². The van der Waals surface area contributed by atoms with Crippen LogP contribution in [0.15, 0.2) is 54.6 Å². The van der Waals surface area contributed by atoms with E-state index in [1.54, 1.807) is 13.0 Å². The molecule has 1 aromatic carbocycles. The Kier molecular flexibility index (Phi) is 9.39. The zero-order chi connectivity index (χ0) is 32.6. The zero-order valence-corrected chi connectivity index (χ0v) is 27.0. The zero-order valence-electron chi connectivity index (χ0n) is 27.0. The van der Waals surface area contributed by atoms with E-state index >= 15 is 0 Å². The summed E-state index contributed by atoms with van der Waals surface area (Å²) in [5.41, 5.74) is -0.649. The SMILES string of the molecule is CC(C)[C@H](CO)N1C(=O)[C@@H]2[C@H]3C(=O)O[C@@H](c4ccccc4)[C@H](C)NC(=O)CC/C=C\CN(C4CCCCC4)C(=O)[C@@H]1[C@]21C=C[C@H]3O1. The van der Waals surface area contributed by atoms with Gasteiger partial charge in [0.25, 0.3) is 0 Å². The Hall–Kier alpha value is -3.50. The maximum Gasteiger partial charge on any atom is 0.313 e. The Bertz CT molecular complexity index is 1370. The van der Waals surface area contributed by atoms with E-state index in [0.29, 0.717) is 18.5 Å². The molecule has 2 saturated heterocycles. The molecule has 6 rings (SSSR count). The first-order valence-electron chi connectivity index (χ1n) is 17.0. The van der Waals surface area contributed by atoms with Gasteiger partial charge in [0.15, 0.2) is 0 Å². The molecule has 1 spiro atoms. The molecule has 0 radical (unpaired) electrons. The molecule has 5 aliphatic rings. The number of nitrogens with one attached hydrogen (secondary N) is 1. The van der Waals surface area contributed by atoms with Crippen molar-refractivity contribution in [1.29, 1.82) is 0 Å². The Labute approximate surface area is 271 Å². The number of esters is 1. The standard InChI is InChI=1S/C36H47N3O7/c1-22(2)26(21-40)39-32-34(43)38(25-15-9-5-10-16-25)20-12-6-11-17-28(41)37-23(3)31(24-13-7-4-8-14-24)45-35(44)29-27-18-19-36(32,46-27)30(29)33(39)42/h4,6-8,12-14,18-19,22-23,25-27,29-32,40H,5,9-11,15-17,20-21H2,1-3H3,(H,37,41)/b12-6-/t23-,26-,27+,29-,30-,31+,32+,36-/m0/s1. The van der Waals surface area contributed by atoms with Crippen LogP contribution >= 0.6 is 0 Å². The summed E-state index contributed by atoms with van der Waals surface area (Å²) in [6.45, 7) is 5.65. The van der Waals surface area contributed by atoms with Crippen molar-refractivity contribution in [1.82, 2.24) is 15.1 Å². The topological polar surface area (TPSA) is 125 Å². The highest BCUT2D eigenvalue weighted by Crippen LogP contribution is 2.56. The third kappa shape index (κ3) is 5.68. The molecule has 1 saturated carbocycles. The average molecular weight is 634 g/mol. The predicted molar refractivity (Wildman–Crippen MR) is 170 cm³/mol. The fraction of sp³-hybridized carbons (Fsp3) is 0.611.